The molecule has 0 aliphatic carbocycles. The van der Waals surface area contributed by atoms with Gasteiger partial charge in [-0.05, 0) is 0 Å². The minimum atomic E-state index is -0.250. The van der Waals surface area contributed by atoms with Gasteiger partial charge in [0.2, 0.25) is 0 Å². The van der Waals surface area contributed by atoms with Gasteiger partial charge in [-0.3, -0.25) is 4.79 Å². The number of hydrogen-bond donors (Lipinski definition) is 3. The summed E-state index contributed by atoms with van der Waals surface area (Å²) >= 11 is 0. The van der Waals surface area contributed by atoms with Gasteiger partial charge in [-0.15, -0.1) is 0 Å². The van der Waals surface area contributed by atoms with Gasteiger partial charge in [0.25, 0.3) is 6.47 Å². The first-order valence-corrected chi connectivity index (χ1v) is 0.752. The number of nitrogens with two attached hydrogens (primary N) is 1. The van der Waals surface area contributed by atoms with Crippen LogP contribution in [0.3, 0.4) is 0 Å². The molecule has 0 radical (unpaired) electrons. The van der Waals surface area contributed by atoms with Gasteiger partial charge >= 0.3 is 0 Å². The summed E-state index contributed by atoms with van der Waals surface area (Å²) in [5, 5.41) is 13.4. The summed E-state index contributed by atoms with van der Waals surface area (Å²) in [4.78, 5) is 8.36. The van der Waals surface area contributed by atoms with Crippen LogP contribution in [-0.2, 0) is 4.79 Å². The number of carbonyl (C=O) groups is 1. The minimum Gasteiger partial charge on any atom is -0.483 e. The fraction of sp³-hybridized carbons (Fsp3) is 0. The summed E-state index contributed by atoms with van der Waals surface area (Å²) < 4.78 is 0. The Hall–Kier alpha value is -0.610. The van der Waals surface area contributed by atoms with Crippen molar-refractivity contribution in [3.8, 4) is 0 Å². The van der Waals surface area contributed by atoms with Crippen LogP contribution in [0, 0.1) is 0 Å². The zero-order valence-electron chi connectivity index (χ0n) is 2.46. The van der Waals surface area contributed by atoms with E-state index in [1.54, 1.807) is 0 Å². The molecule has 0 fully saturated rings. The molecule has 0 aromatic heterocycles. The molecule has 0 bridgehead atoms. The Morgan fingerprint density at radius 1 is 1.60 bits per heavy atom. The van der Waals surface area contributed by atoms with Crippen molar-refractivity contribution in [3.63, 3.8) is 0 Å². The van der Waals surface area contributed by atoms with Crippen molar-refractivity contribution in [2.75, 3.05) is 0 Å². The molecule has 4 nitrogen and oxygen atoms in total. The normalized spacial score (nSPS) is 3.60. The van der Waals surface area contributed by atoms with Crippen LogP contribution >= 0.6 is 0 Å². The van der Waals surface area contributed by atoms with Crippen molar-refractivity contribution < 1.29 is 15.1 Å². The standard InChI is InChI=1S/CH2O2.H3NO/c2-1-3;1-2/h1H,(H,2,3);2H,1H2. The van der Waals surface area contributed by atoms with Gasteiger partial charge in [0.15, 0.2) is 0 Å². The minimum absolute atomic E-state index is 0.250. The Morgan fingerprint density at radius 3 is 1.60 bits per heavy atom. The quantitative estimate of drug-likeness (QED) is 0.258. The van der Waals surface area contributed by atoms with Crippen molar-refractivity contribution in [2.24, 2.45) is 5.90 Å². The molecule has 0 saturated heterocycles. The molecule has 0 aliphatic rings. The molecular formula is CH5NO3. The molecule has 0 saturated carbocycles. The van der Waals surface area contributed by atoms with E-state index in [2.05, 4.69) is 5.90 Å². The zero-order valence-corrected chi connectivity index (χ0v) is 2.46. The highest BCUT2D eigenvalue weighted by Gasteiger charge is 1.22. The predicted octanol–water partition coefficient (Wildman–Crippen LogP) is -0.965. The number of hydrogen-bond acceptors (Lipinski definition) is 3. The Morgan fingerprint density at radius 2 is 1.60 bits per heavy atom. The Balaban J connectivity index is 0. The van der Waals surface area contributed by atoms with E-state index in [0.29, 0.717) is 0 Å². The lowest BCUT2D eigenvalue weighted by Gasteiger charge is -1.34. The number of rotatable bonds is 0. The largest absolute Gasteiger partial charge is 0.483 e. The molecule has 0 rings (SSSR count). The smallest absolute Gasteiger partial charge is 0.290 e. The van der Waals surface area contributed by atoms with E-state index in [9.17, 15) is 0 Å². The fourth-order valence-corrected chi connectivity index (χ4v) is 0. The first kappa shape index (κ1) is 8.83. The van der Waals surface area contributed by atoms with E-state index >= 15 is 0 Å². The highest BCUT2D eigenvalue weighted by atomic mass is 16.4. The maximum atomic E-state index is 8.36. The second kappa shape index (κ2) is 127. The zero-order chi connectivity index (χ0) is 4.71. The van der Waals surface area contributed by atoms with Crippen LogP contribution in [0.25, 0.3) is 0 Å². The van der Waals surface area contributed by atoms with Gasteiger partial charge in [0.1, 0.15) is 0 Å². The average molecular weight is 79.1 g/mol. The van der Waals surface area contributed by atoms with Crippen LogP contribution in [0.4, 0.5) is 0 Å². The summed E-state index contributed by atoms with van der Waals surface area (Å²) in [7, 11) is 0. The predicted molar refractivity (Wildman–Crippen MR) is 14.7 cm³/mol. The first-order chi connectivity index (χ1) is 2.41. The van der Waals surface area contributed by atoms with E-state index in [0.717, 1.165) is 0 Å². The Labute approximate surface area is 28.8 Å². The van der Waals surface area contributed by atoms with Gasteiger partial charge in [-0.25, -0.2) is 5.90 Å². The lowest BCUT2D eigenvalue weighted by Crippen LogP contribution is -1.72. The van der Waals surface area contributed by atoms with E-state index in [1.165, 1.54) is 0 Å². The Kier molecular flexibility index (Phi) is 225. The molecule has 0 spiro atoms. The van der Waals surface area contributed by atoms with E-state index in [1.807, 2.05) is 0 Å². The van der Waals surface area contributed by atoms with Crippen molar-refractivity contribution in [1.82, 2.24) is 0 Å². The van der Waals surface area contributed by atoms with E-state index < -0.39 is 0 Å². The van der Waals surface area contributed by atoms with Crippen molar-refractivity contribution in [3.05, 3.63) is 0 Å². The van der Waals surface area contributed by atoms with Gasteiger partial charge in [-0.2, -0.15) is 0 Å². The first-order valence-electron chi connectivity index (χ1n) is 0.752. The molecule has 4 heteroatoms. The summed E-state index contributed by atoms with van der Waals surface area (Å²) in [5.74, 6) is 3.50. The van der Waals surface area contributed by atoms with Gasteiger partial charge in [-0.1, -0.05) is 0 Å². The Bertz CT molecular complexity index is 14.4. The van der Waals surface area contributed by atoms with Crippen LogP contribution in [0.1, 0.15) is 0 Å². The summed E-state index contributed by atoms with van der Waals surface area (Å²) in [6.07, 6.45) is 0. The molecule has 0 amide bonds. The maximum Gasteiger partial charge on any atom is 0.290 e. The average Bonchev–Trinajstić information content (AvgIpc) is 1.46. The lowest BCUT2D eigenvalue weighted by molar-refractivity contribution is -0.122. The highest BCUT2D eigenvalue weighted by Crippen LogP contribution is 0.966. The third-order valence-electron chi connectivity index (χ3n) is 0. The summed E-state index contributed by atoms with van der Waals surface area (Å²) in [6.45, 7) is -0.250. The molecule has 5 heavy (non-hydrogen) atoms. The van der Waals surface area contributed by atoms with Gasteiger partial charge in [0.05, 0.1) is 0 Å². The van der Waals surface area contributed by atoms with Crippen LogP contribution in [0.5, 0.6) is 0 Å². The maximum absolute atomic E-state index is 8.36. The summed E-state index contributed by atoms with van der Waals surface area (Å²) in [6, 6.07) is 0. The third kappa shape index (κ3) is 17.6. The molecular weight excluding hydrogens is 74.0 g/mol. The lowest BCUT2D eigenvalue weighted by atomic mass is 11.7. The topological polar surface area (TPSA) is 83.5 Å². The second-order valence-corrected chi connectivity index (χ2v) is 0.105. The molecule has 0 aromatic rings. The monoisotopic (exact) mass is 79.0 g/mol. The van der Waals surface area contributed by atoms with Crippen LogP contribution in [0.2, 0.25) is 0 Å². The van der Waals surface area contributed by atoms with Gasteiger partial charge in [0, 0.05) is 0 Å². The fourth-order valence-electron chi connectivity index (χ4n) is 0. The SMILES string of the molecule is NO.O=CO. The van der Waals surface area contributed by atoms with Crippen LogP contribution in [0.15, 0.2) is 0 Å². The van der Waals surface area contributed by atoms with Crippen molar-refractivity contribution in [1.29, 1.82) is 0 Å². The molecule has 4 N–H and O–H groups in total. The molecule has 0 atom stereocenters. The third-order valence-corrected chi connectivity index (χ3v) is 0. The van der Waals surface area contributed by atoms with Gasteiger partial charge < -0.3 is 10.3 Å². The molecule has 32 valence electrons. The highest BCUT2D eigenvalue weighted by molar-refractivity contribution is 5.32. The molecule has 0 aromatic carbocycles. The van der Waals surface area contributed by atoms with Crippen molar-refractivity contribution in [2.45, 2.75) is 0 Å². The molecule has 0 unspecified atom stereocenters. The second-order valence-electron chi connectivity index (χ2n) is 0.105. The molecule has 0 heterocycles. The summed E-state index contributed by atoms with van der Waals surface area (Å²) in [5.41, 5.74) is 0. The number of carboxylic acid groups (broad SMARTS) is 1. The van der Waals surface area contributed by atoms with E-state index in [-0.39, 0.29) is 6.47 Å². The van der Waals surface area contributed by atoms with Crippen LogP contribution < -0.4 is 5.90 Å². The van der Waals surface area contributed by atoms with E-state index in [4.69, 9.17) is 15.1 Å². The molecule has 0 aliphatic heterocycles. The van der Waals surface area contributed by atoms with Crippen molar-refractivity contribution >= 4 is 6.47 Å². The van der Waals surface area contributed by atoms with Crippen LogP contribution in [-0.4, -0.2) is 16.8 Å².